The number of para-hydroxylation sites is 1. The Hall–Kier alpha value is -1.42. The van der Waals surface area contributed by atoms with Gasteiger partial charge in [-0.15, -0.1) is 11.6 Å². The minimum absolute atomic E-state index is 0.0572. The lowest BCUT2D eigenvalue weighted by Gasteiger charge is -2.10. The van der Waals surface area contributed by atoms with Crippen LogP contribution >= 0.6 is 11.6 Å². The zero-order chi connectivity index (χ0) is 12.1. The lowest BCUT2D eigenvalue weighted by atomic mass is 10.1. The maximum atomic E-state index is 11.6. The van der Waals surface area contributed by atoms with E-state index in [1.54, 1.807) is 0 Å². The second kappa shape index (κ2) is 5.61. The van der Waals surface area contributed by atoms with Crippen molar-refractivity contribution in [3.63, 3.8) is 0 Å². The van der Waals surface area contributed by atoms with Gasteiger partial charge >= 0.3 is 0 Å². The van der Waals surface area contributed by atoms with Gasteiger partial charge in [-0.1, -0.05) is 13.0 Å². The van der Waals surface area contributed by atoms with E-state index in [4.69, 9.17) is 11.6 Å². The van der Waals surface area contributed by atoms with Gasteiger partial charge in [-0.25, -0.2) is 0 Å². The van der Waals surface area contributed by atoms with Crippen LogP contribution < -0.4 is 5.32 Å². The fourth-order valence-electron chi connectivity index (χ4n) is 1.13. The third-order valence-corrected chi connectivity index (χ3v) is 2.66. The van der Waals surface area contributed by atoms with Crippen molar-refractivity contribution in [1.29, 1.82) is 0 Å². The molecule has 0 heterocycles. The van der Waals surface area contributed by atoms with E-state index in [0.29, 0.717) is 12.4 Å². The molecule has 0 aliphatic heterocycles. The van der Waals surface area contributed by atoms with Gasteiger partial charge in [0.1, 0.15) is 0 Å². The van der Waals surface area contributed by atoms with Crippen LogP contribution in [-0.2, 0) is 0 Å². The van der Waals surface area contributed by atoms with Crippen LogP contribution in [0.25, 0.3) is 0 Å². The molecule has 0 aliphatic rings. The van der Waals surface area contributed by atoms with Crippen LogP contribution in [0.1, 0.15) is 17.3 Å². The number of rotatable bonds is 4. The van der Waals surface area contributed by atoms with Crippen molar-refractivity contribution in [3.8, 4) is 11.5 Å². The Morgan fingerprint density at radius 3 is 2.81 bits per heavy atom. The molecule has 1 unspecified atom stereocenters. The number of alkyl halides is 1. The summed E-state index contributed by atoms with van der Waals surface area (Å²) in [5.41, 5.74) is 0.0572. The molecule has 0 bridgehead atoms. The van der Waals surface area contributed by atoms with Crippen LogP contribution in [0.4, 0.5) is 0 Å². The molecule has 3 N–H and O–H groups in total. The van der Waals surface area contributed by atoms with Crippen molar-refractivity contribution in [2.45, 2.75) is 6.92 Å². The van der Waals surface area contributed by atoms with Crippen molar-refractivity contribution >= 4 is 17.5 Å². The number of aromatic hydroxyl groups is 2. The van der Waals surface area contributed by atoms with E-state index >= 15 is 0 Å². The lowest BCUT2D eigenvalue weighted by molar-refractivity contribution is 0.0946. The van der Waals surface area contributed by atoms with E-state index in [1.807, 2.05) is 6.92 Å². The van der Waals surface area contributed by atoms with Crippen LogP contribution in [0.2, 0.25) is 0 Å². The molecule has 0 aliphatic carbocycles. The van der Waals surface area contributed by atoms with Crippen molar-refractivity contribution < 1.29 is 15.0 Å². The Morgan fingerprint density at radius 1 is 1.50 bits per heavy atom. The molecule has 0 saturated heterocycles. The normalized spacial score (nSPS) is 12.1. The van der Waals surface area contributed by atoms with Crippen molar-refractivity contribution in [3.05, 3.63) is 23.8 Å². The fraction of sp³-hybridized carbons (Fsp3) is 0.364. The van der Waals surface area contributed by atoms with Crippen molar-refractivity contribution in [2.24, 2.45) is 5.92 Å². The van der Waals surface area contributed by atoms with Gasteiger partial charge in [-0.2, -0.15) is 0 Å². The van der Waals surface area contributed by atoms with Crippen LogP contribution in [0.5, 0.6) is 11.5 Å². The number of nitrogens with one attached hydrogen (secondary N) is 1. The van der Waals surface area contributed by atoms with E-state index < -0.39 is 11.7 Å². The van der Waals surface area contributed by atoms with Crippen LogP contribution in [0, 0.1) is 5.92 Å². The molecule has 0 radical (unpaired) electrons. The van der Waals surface area contributed by atoms with E-state index in [2.05, 4.69) is 5.32 Å². The zero-order valence-electron chi connectivity index (χ0n) is 8.90. The van der Waals surface area contributed by atoms with Gasteiger partial charge in [0, 0.05) is 12.4 Å². The molecule has 0 spiro atoms. The molecular weight excluding hydrogens is 230 g/mol. The maximum Gasteiger partial charge on any atom is 0.255 e. The topological polar surface area (TPSA) is 69.6 Å². The minimum Gasteiger partial charge on any atom is -0.504 e. The highest BCUT2D eigenvalue weighted by atomic mass is 35.5. The molecule has 1 amide bonds. The maximum absolute atomic E-state index is 11.6. The summed E-state index contributed by atoms with van der Waals surface area (Å²) in [6.07, 6.45) is 0. The predicted octanol–water partition coefficient (Wildman–Crippen LogP) is 1.70. The summed E-state index contributed by atoms with van der Waals surface area (Å²) in [5, 5.41) is 21.3. The Kier molecular flexibility index (Phi) is 4.43. The first-order chi connectivity index (χ1) is 7.56. The number of amides is 1. The standard InChI is InChI=1S/C11H14ClNO3/c1-7(5-12)6-13-11(16)8-3-2-4-9(14)10(8)15/h2-4,7,14-15H,5-6H2,1H3,(H,13,16). The first-order valence-electron chi connectivity index (χ1n) is 4.91. The molecule has 1 rings (SSSR count). The molecule has 1 atom stereocenters. The number of halogens is 1. The quantitative estimate of drug-likeness (QED) is 0.557. The second-order valence-electron chi connectivity index (χ2n) is 3.64. The highest BCUT2D eigenvalue weighted by Crippen LogP contribution is 2.27. The predicted molar refractivity (Wildman–Crippen MR) is 62.0 cm³/mol. The van der Waals surface area contributed by atoms with Gasteiger partial charge < -0.3 is 15.5 Å². The average molecular weight is 244 g/mol. The Labute approximate surface area is 98.9 Å². The number of phenolic OH excluding ortho intramolecular Hbond substituents is 2. The van der Waals surface area contributed by atoms with Crippen molar-refractivity contribution in [1.82, 2.24) is 5.32 Å². The summed E-state index contributed by atoms with van der Waals surface area (Å²) in [6.45, 7) is 2.33. The van der Waals surface area contributed by atoms with E-state index in [0.717, 1.165) is 0 Å². The Bertz CT molecular complexity index is 381. The molecule has 0 fully saturated rings. The van der Waals surface area contributed by atoms with Gasteiger partial charge in [0.15, 0.2) is 11.5 Å². The van der Waals surface area contributed by atoms with Crippen molar-refractivity contribution in [2.75, 3.05) is 12.4 Å². The van der Waals surface area contributed by atoms with Crippen LogP contribution in [0.3, 0.4) is 0 Å². The molecule has 5 heteroatoms. The van der Waals surface area contributed by atoms with E-state index in [9.17, 15) is 15.0 Å². The third-order valence-electron chi connectivity index (χ3n) is 2.13. The van der Waals surface area contributed by atoms with Gasteiger partial charge in [0.05, 0.1) is 5.56 Å². The number of benzene rings is 1. The summed E-state index contributed by atoms with van der Waals surface area (Å²) < 4.78 is 0. The number of phenols is 2. The van der Waals surface area contributed by atoms with Gasteiger partial charge in [0.2, 0.25) is 0 Å². The second-order valence-corrected chi connectivity index (χ2v) is 3.95. The summed E-state index contributed by atoms with van der Waals surface area (Å²) >= 11 is 5.60. The summed E-state index contributed by atoms with van der Waals surface area (Å²) in [5.74, 6) is -0.529. The monoisotopic (exact) mass is 243 g/mol. The highest BCUT2D eigenvalue weighted by Gasteiger charge is 2.13. The molecule has 0 saturated carbocycles. The Balaban J connectivity index is 2.70. The van der Waals surface area contributed by atoms with Crippen LogP contribution in [0.15, 0.2) is 18.2 Å². The first-order valence-corrected chi connectivity index (χ1v) is 5.44. The molecule has 16 heavy (non-hydrogen) atoms. The van der Waals surface area contributed by atoms with E-state index in [-0.39, 0.29) is 17.2 Å². The molecule has 4 nitrogen and oxygen atoms in total. The van der Waals surface area contributed by atoms with Gasteiger partial charge in [0.25, 0.3) is 5.91 Å². The fourth-order valence-corrected chi connectivity index (χ4v) is 1.24. The molecule has 88 valence electrons. The molecular formula is C11H14ClNO3. The Morgan fingerprint density at radius 2 is 2.19 bits per heavy atom. The first kappa shape index (κ1) is 12.6. The molecule has 1 aromatic rings. The highest BCUT2D eigenvalue weighted by molar-refractivity contribution is 6.18. The van der Waals surface area contributed by atoms with Crippen LogP contribution in [-0.4, -0.2) is 28.5 Å². The van der Waals surface area contributed by atoms with E-state index in [1.165, 1.54) is 18.2 Å². The summed E-state index contributed by atoms with van der Waals surface area (Å²) in [4.78, 5) is 11.6. The zero-order valence-corrected chi connectivity index (χ0v) is 9.66. The minimum atomic E-state index is -0.426. The number of carbonyl (C=O) groups is 1. The summed E-state index contributed by atoms with van der Waals surface area (Å²) in [7, 11) is 0. The SMILES string of the molecule is CC(CCl)CNC(=O)c1cccc(O)c1O. The molecule has 1 aromatic carbocycles. The number of hydrogen-bond donors (Lipinski definition) is 3. The molecule has 0 aromatic heterocycles. The average Bonchev–Trinajstić information content (AvgIpc) is 2.29. The largest absolute Gasteiger partial charge is 0.504 e. The number of carbonyl (C=O) groups excluding carboxylic acids is 1. The summed E-state index contributed by atoms with van der Waals surface area (Å²) in [6, 6.07) is 4.25. The smallest absolute Gasteiger partial charge is 0.255 e. The number of hydrogen-bond acceptors (Lipinski definition) is 3. The van der Waals surface area contributed by atoms with Gasteiger partial charge in [-0.05, 0) is 18.1 Å². The lowest BCUT2D eigenvalue weighted by Crippen LogP contribution is -2.28. The third kappa shape index (κ3) is 3.03. The van der Waals surface area contributed by atoms with Gasteiger partial charge in [-0.3, -0.25) is 4.79 Å².